The maximum absolute atomic E-state index is 12.3. The number of fused-ring (bicyclic) bond motifs is 1. The van der Waals surface area contributed by atoms with E-state index in [4.69, 9.17) is 5.11 Å². The Morgan fingerprint density at radius 2 is 1.95 bits per heavy atom. The molecule has 2 N–H and O–H groups in total. The molecule has 0 unspecified atom stereocenters. The molecule has 0 radical (unpaired) electrons. The molecule has 2 aliphatic rings. The van der Waals surface area contributed by atoms with E-state index in [1.807, 2.05) is 0 Å². The van der Waals surface area contributed by atoms with Crippen molar-refractivity contribution in [3.63, 3.8) is 0 Å². The highest BCUT2D eigenvalue weighted by atomic mass is 16.4. The van der Waals surface area contributed by atoms with Crippen molar-refractivity contribution < 1.29 is 19.5 Å². The number of carbonyl (C=O) groups excluding carboxylic acids is 2. The van der Waals surface area contributed by atoms with Gasteiger partial charge in [0, 0.05) is 13.1 Å². The molecule has 1 aromatic rings. The lowest BCUT2D eigenvalue weighted by Crippen LogP contribution is -2.58. The maximum atomic E-state index is 12.3. The van der Waals surface area contributed by atoms with Crippen LogP contribution in [0.4, 0.5) is 16.2 Å². The van der Waals surface area contributed by atoms with E-state index in [-0.39, 0.29) is 31.6 Å². The molecular weight excluding hydrogens is 262 g/mol. The number of carbonyl (C=O) groups is 3. The number of rotatable bonds is 1. The van der Waals surface area contributed by atoms with Crippen LogP contribution in [0.1, 0.15) is 0 Å². The Labute approximate surface area is 114 Å². The molecule has 1 aromatic carbocycles. The zero-order chi connectivity index (χ0) is 14.3. The largest absolute Gasteiger partial charge is 0.481 e. The predicted octanol–water partition coefficient (Wildman–Crippen LogP) is 0.581. The van der Waals surface area contributed by atoms with Crippen molar-refractivity contribution in [2.24, 2.45) is 5.92 Å². The number of para-hydroxylation sites is 2. The molecule has 0 bridgehead atoms. The normalized spacial score (nSPS) is 18.1. The second kappa shape index (κ2) is 4.52. The van der Waals surface area contributed by atoms with Gasteiger partial charge in [0.15, 0.2) is 0 Å². The van der Waals surface area contributed by atoms with Gasteiger partial charge in [-0.3, -0.25) is 14.5 Å². The Morgan fingerprint density at radius 3 is 2.65 bits per heavy atom. The molecule has 2 heterocycles. The lowest BCUT2D eigenvalue weighted by molar-refractivity contribution is -0.146. The number of carboxylic acids is 1. The lowest BCUT2D eigenvalue weighted by Gasteiger charge is -2.41. The van der Waals surface area contributed by atoms with Crippen LogP contribution >= 0.6 is 0 Å². The third-order valence-electron chi connectivity index (χ3n) is 3.50. The van der Waals surface area contributed by atoms with Gasteiger partial charge in [-0.25, -0.2) is 4.79 Å². The molecule has 104 valence electrons. The molecule has 0 spiro atoms. The van der Waals surface area contributed by atoms with Gasteiger partial charge in [-0.15, -0.1) is 0 Å². The monoisotopic (exact) mass is 275 g/mol. The van der Waals surface area contributed by atoms with E-state index in [1.165, 1.54) is 9.80 Å². The van der Waals surface area contributed by atoms with E-state index < -0.39 is 11.9 Å². The van der Waals surface area contributed by atoms with Gasteiger partial charge in [0.1, 0.15) is 6.54 Å². The van der Waals surface area contributed by atoms with Crippen molar-refractivity contribution in [2.45, 2.75) is 0 Å². The summed E-state index contributed by atoms with van der Waals surface area (Å²) >= 11 is 0. The molecule has 1 fully saturated rings. The molecule has 20 heavy (non-hydrogen) atoms. The number of carboxylic acid groups (broad SMARTS) is 1. The van der Waals surface area contributed by atoms with Crippen molar-refractivity contribution in [2.75, 3.05) is 29.9 Å². The van der Waals surface area contributed by atoms with Crippen molar-refractivity contribution in [3.8, 4) is 0 Å². The van der Waals surface area contributed by atoms with Crippen LogP contribution in [-0.2, 0) is 9.59 Å². The number of benzene rings is 1. The smallest absolute Gasteiger partial charge is 0.325 e. The Kier molecular flexibility index (Phi) is 2.81. The van der Waals surface area contributed by atoms with E-state index in [0.29, 0.717) is 11.4 Å². The number of amides is 3. The van der Waals surface area contributed by atoms with Gasteiger partial charge in [0.2, 0.25) is 5.91 Å². The minimum Gasteiger partial charge on any atom is -0.481 e. The summed E-state index contributed by atoms with van der Waals surface area (Å²) in [5.74, 6) is -1.66. The summed E-state index contributed by atoms with van der Waals surface area (Å²) in [6.45, 7) is 0.326. The van der Waals surface area contributed by atoms with Gasteiger partial charge in [-0.2, -0.15) is 0 Å². The van der Waals surface area contributed by atoms with Crippen molar-refractivity contribution in [1.82, 2.24) is 4.90 Å². The molecule has 7 nitrogen and oxygen atoms in total. The van der Waals surface area contributed by atoms with E-state index in [2.05, 4.69) is 5.32 Å². The minimum absolute atomic E-state index is 0.0515. The summed E-state index contributed by atoms with van der Waals surface area (Å²) in [4.78, 5) is 37.5. The van der Waals surface area contributed by atoms with E-state index in [0.717, 1.165) is 0 Å². The van der Waals surface area contributed by atoms with Gasteiger partial charge in [-0.1, -0.05) is 12.1 Å². The van der Waals surface area contributed by atoms with Crippen LogP contribution < -0.4 is 10.2 Å². The zero-order valence-electron chi connectivity index (χ0n) is 10.6. The average Bonchev–Trinajstić information content (AvgIpc) is 2.35. The van der Waals surface area contributed by atoms with Crippen LogP contribution in [0.3, 0.4) is 0 Å². The molecule has 0 aromatic heterocycles. The molecule has 7 heteroatoms. The Bertz CT molecular complexity index is 595. The second-order valence-corrected chi connectivity index (χ2v) is 4.87. The quantitative estimate of drug-likeness (QED) is 0.784. The van der Waals surface area contributed by atoms with Crippen molar-refractivity contribution >= 4 is 29.3 Å². The minimum atomic E-state index is -0.897. The number of nitrogens with one attached hydrogen (secondary N) is 1. The van der Waals surface area contributed by atoms with E-state index >= 15 is 0 Å². The molecule has 3 rings (SSSR count). The van der Waals surface area contributed by atoms with Crippen LogP contribution in [0.25, 0.3) is 0 Å². The number of aliphatic carboxylic acids is 1. The van der Waals surface area contributed by atoms with Gasteiger partial charge in [-0.05, 0) is 12.1 Å². The van der Waals surface area contributed by atoms with Gasteiger partial charge < -0.3 is 15.3 Å². The number of likely N-dealkylation sites (tertiary alicyclic amines) is 1. The van der Waals surface area contributed by atoms with E-state index in [1.54, 1.807) is 24.3 Å². The third-order valence-corrected chi connectivity index (χ3v) is 3.50. The summed E-state index contributed by atoms with van der Waals surface area (Å²) in [6.07, 6.45) is 0. The van der Waals surface area contributed by atoms with Crippen molar-refractivity contribution in [3.05, 3.63) is 24.3 Å². The Hall–Kier alpha value is -2.57. The molecular formula is C13H13N3O4. The first-order valence-corrected chi connectivity index (χ1v) is 6.24. The first-order chi connectivity index (χ1) is 9.56. The number of nitrogens with zero attached hydrogens (tertiary/aromatic N) is 2. The molecule has 0 atom stereocenters. The van der Waals surface area contributed by atoms with Crippen LogP contribution in [-0.4, -0.2) is 47.5 Å². The Balaban J connectivity index is 1.79. The van der Waals surface area contributed by atoms with Crippen LogP contribution in [0.5, 0.6) is 0 Å². The average molecular weight is 275 g/mol. The predicted molar refractivity (Wildman–Crippen MR) is 70.5 cm³/mol. The molecule has 1 saturated heterocycles. The second-order valence-electron chi connectivity index (χ2n) is 4.87. The van der Waals surface area contributed by atoms with Gasteiger partial charge in [0.05, 0.1) is 17.3 Å². The SMILES string of the molecule is O=C1CN(C(=O)N2CC(C(=O)O)C2)c2ccccc2N1. The number of hydrogen-bond acceptors (Lipinski definition) is 3. The van der Waals surface area contributed by atoms with Crippen LogP contribution in [0.15, 0.2) is 24.3 Å². The first kappa shape index (κ1) is 12.5. The standard InChI is InChI=1S/C13H13N3O4/c17-11-7-16(10-4-2-1-3-9(10)14-11)13(20)15-5-8(6-15)12(18)19/h1-4,8H,5-7H2,(H,14,17)(H,18,19). The van der Waals surface area contributed by atoms with Gasteiger partial charge in [0.25, 0.3) is 0 Å². The molecule has 2 aliphatic heterocycles. The highest BCUT2D eigenvalue weighted by Gasteiger charge is 2.39. The van der Waals surface area contributed by atoms with Crippen LogP contribution in [0, 0.1) is 5.92 Å². The van der Waals surface area contributed by atoms with E-state index in [9.17, 15) is 14.4 Å². The highest BCUT2D eigenvalue weighted by molar-refractivity contribution is 6.09. The first-order valence-electron chi connectivity index (χ1n) is 6.24. The number of anilines is 2. The number of urea groups is 1. The molecule has 0 saturated carbocycles. The maximum Gasteiger partial charge on any atom is 0.325 e. The topological polar surface area (TPSA) is 90.0 Å². The zero-order valence-corrected chi connectivity index (χ0v) is 10.6. The summed E-state index contributed by atoms with van der Waals surface area (Å²) in [7, 11) is 0. The summed E-state index contributed by atoms with van der Waals surface area (Å²) < 4.78 is 0. The van der Waals surface area contributed by atoms with Crippen molar-refractivity contribution in [1.29, 1.82) is 0 Å². The molecule has 0 aliphatic carbocycles. The van der Waals surface area contributed by atoms with Gasteiger partial charge >= 0.3 is 12.0 Å². The molecule has 3 amide bonds. The van der Waals surface area contributed by atoms with Crippen LogP contribution in [0.2, 0.25) is 0 Å². The third kappa shape index (κ3) is 1.97. The highest BCUT2D eigenvalue weighted by Crippen LogP contribution is 2.31. The fraction of sp³-hybridized carbons (Fsp3) is 0.308. The fourth-order valence-corrected chi connectivity index (χ4v) is 2.37. The fourth-order valence-electron chi connectivity index (χ4n) is 2.37. The number of hydrogen-bond donors (Lipinski definition) is 2. The lowest BCUT2D eigenvalue weighted by atomic mass is 10.0. The Morgan fingerprint density at radius 1 is 1.25 bits per heavy atom. The summed E-state index contributed by atoms with van der Waals surface area (Å²) in [5, 5.41) is 11.5. The summed E-state index contributed by atoms with van der Waals surface area (Å²) in [6, 6.07) is 6.71. The summed E-state index contributed by atoms with van der Waals surface area (Å²) in [5.41, 5.74) is 1.23.